The number of carbonyl (C=O) groups excluding carboxylic acids is 3. The van der Waals surface area contributed by atoms with Gasteiger partial charge in [-0.2, -0.15) is 0 Å². The number of rotatable bonds is 8. The molecule has 1 N–H and O–H groups in total. The van der Waals surface area contributed by atoms with E-state index < -0.39 is 11.6 Å². The van der Waals surface area contributed by atoms with Crippen molar-refractivity contribution >= 4 is 34.3 Å². The first-order chi connectivity index (χ1) is 18.1. The fourth-order valence-electron chi connectivity index (χ4n) is 4.20. The van der Waals surface area contributed by atoms with Crippen LogP contribution in [0.3, 0.4) is 0 Å². The standard InChI is InChI=1S/C29H31N5O4/c1-19(35)20-13-15-22(16-14-20)34(26(36)18-33-25-12-7-6-11-24(25)31-32-33)27(28(37)30-29(2,3)4)21-9-8-10-23(17-21)38-5/h6-17,27H,18H2,1-5H3,(H,30,37)/t27-/m0/s1. The van der Waals surface area contributed by atoms with Gasteiger partial charge in [-0.1, -0.05) is 29.5 Å². The molecular formula is C29H31N5O4. The van der Waals surface area contributed by atoms with Crippen molar-refractivity contribution in [3.05, 3.63) is 83.9 Å². The van der Waals surface area contributed by atoms with Gasteiger partial charge in [0.05, 0.1) is 12.6 Å². The van der Waals surface area contributed by atoms with E-state index in [0.29, 0.717) is 33.6 Å². The topological polar surface area (TPSA) is 106 Å². The summed E-state index contributed by atoms with van der Waals surface area (Å²) >= 11 is 0. The Morgan fingerprint density at radius 3 is 2.37 bits per heavy atom. The molecule has 0 radical (unpaired) electrons. The number of Topliss-reactive ketones (excluding diaryl/α,β-unsaturated/α-hetero) is 1. The van der Waals surface area contributed by atoms with Crippen molar-refractivity contribution in [2.45, 2.75) is 45.8 Å². The minimum absolute atomic E-state index is 0.0988. The van der Waals surface area contributed by atoms with Crippen molar-refractivity contribution < 1.29 is 19.1 Å². The third kappa shape index (κ3) is 5.88. The van der Waals surface area contributed by atoms with Gasteiger partial charge in [0, 0.05) is 16.8 Å². The van der Waals surface area contributed by atoms with Gasteiger partial charge in [-0.25, -0.2) is 4.68 Å². The molecule has 0 unspecified atom stereocenters. The maximum absolute atomic E-state index is 14.1. The second-order valence-corrected chi connectivity index (χ2v) is 10.0. The molecule has 0 aliphatic heterocycles. The predicted molar refractivity (Wildman–Crippen MR) is 145 cm³/mol. The second-order valence-electron chi connectivity index (χ2n) is 10.0. The zero-order chi connectivity index (χ0) is 27.4. The van der Waals surface area contributed by atoms with E-state index in [2.05, 4.69) is 15.6 Å². The van der Waals surface area contributed by atoms with Crippen LogP contribution in [0.4, 0.5) is 5.69 Å². The summed E-state index contributed by atoms with van der Waals surface area (Å²) in [5.74, 6) is -0.290. The monoisotopic (exact) mass is 513 g/mol. The average molecular weight is 514 g/mol. The van der Waals surface area contributed by atoms with Gasteiger partial charge in [0.25, 0.3) is 0 Å². The van der Waals surface area contributed by atoms with Crippen LogP contribution in [-0.4, -0.2) is 45.2 Å². The molecule has 4 aromatic rings. The molecule has 2 amide bonds. The van der Waals surface area contributed by atoms with Crippen LogP contribution in [0.1, 0.15) is 49.7 Å². The van der Waals surface area contributed by atoms with Crippen molar-refractivity contribution in [1.82, 2.24) is 20.3 Å². The summed E-state index contributed by atoms with van der Waals surface area (Å²) in [6.45, 7) is 6.95. The predicted octanol–water partition coefficient (Wildman–Crippen LogP) is 4.33. The molecule has 0 saturated heterocycles. The van der Waals surface area contributed by atoms with Gasteiger partial charge < -0.3 is 10.1 Å². The lowest BCUT2D eigenvalue weighted by molar-refractivity contribution is -0.128. The molecule has 0 aliphatic carbocycles. The van der Waals surface area contributed by atoms with E-state index in [1.54, 1.807) is 55.6 Å². The Morgan fingerprint density at radius 1 is 1.00 bits per heavy atom. The molecule has 9 heteroatoms. The summed E-state index contributed by atoms with van der Waals surface area (Å²) in [6, 6.07) is 20.0. The molecule has 0 spiro atoms. The number of nitrogens with zero attached hydrogens (tertiary/aromatic N) is 4. The number of nitrogens with one attached hydrogen (secondary N) is 1. The Hall–Kier alpha value is -4.53. The number of fused-ring (bicyclic) bond motifs is 1. The highest BCUT2D eigenvalue weighted by Crippen LogP contribution is 2.31. The zero-order valence-electron chi connectivity index (χ0n) is 22.1. The molecule has 3 aromatic carbocycles. The number of methoxy groups -OCH3 is 1. The number of ether oxygens (including phenoxy) is 1. The third-order valence-corrected chi connectivity index (χ3v) is 5.94. The molecule has 1 aromatic heterocycles. The van der Waals surface area contributed by atoms with Crippen molar-refractivity contribution in [2.24, 2.45) is 0 Å². The number of amides is 2. The van der Waals surface area contributed by atoms with Crippen LogP contribution < -0.4 is 15.0 Å². The van der Waals surface area contributed by atoms with E-state index in [-0.39, 0.29) is 24.1 Å². The van der Waals surface area contributed by atoms with E-state index in [1.807, 2.05) is 45.0 Å². The van der Waals surface area contributed by atoms with Gasteiger partial charge in [-0.15, -0.1) is 5.10 Å². The molecular weight excluding hydrogens is 482 g/mol. The number of aromatic nitrogens is 3. The molecule has 9 nitrogen and oxygen atoms in total. The van der Waals surface area contributed by atoms with Gasteiger partial charge in [-0.3, -0.25) is 19.3 Å². The molecule has 0 saturated carbocycles. The highest BCUT2D eigenvalue weighted by atomic mass is 16.5. The first-order valence-corrected chi connectivity index (χ1v) is 12.2. The van der Waals surface area contributed by atoms with Crippen molar-refractivity contribution in [2.75, 3.05) is 12.0 Å². The first-order valence-electron chi connectivity index (χ1n) is 12.2. The normalized spacial score (nSPS) is 12.1. The second kappa shape index (κ2) is 10.8. The smallest absolute Gasteiger partial charge is 0.249 e. The number of anilines is 1. The Bertz CT molecular complexity index is 1470. The van der Waals surface area contributed by atoms with E-state index in [1.165, 1.54) is 16.5 Å². The summed E-state index contributed by atoms with van der Waals surface area (Å²) in [4.78, 5) is 41.3. The highest BCUT2D eigenvalue weighted by Gasteiger charge is 2.35. The fraction of sp³-hybridized carbons (Fsp3) is 0.276. The number of carbonyl (C=O) groups is 3. The van der Waals surface area contributed by atoms with E-state index >= 15 is 0 Å². The maximum atomic E-state index is 14.1. The van der Waals surface area contributed by atoms with Crippen LogP contribution in [0.25, 0.3) is 11.0 Å². The molecule has 1 heterocycles. The fourth-order valence-corrected chi connectivity index (χ4v) is 4.20. The van der Waals surface area contributed by atoms with Crippen molar-refractivity contribution in [3.63, 3.8) is 0 Å². The Balaban J connectivity index is 1.85. The molecule has 0 fully saturated rings. The van der Waals surface area contributed by atoms with Crippen LogP contribution in [0.2, 0.25) is 0 Å². The molecule has 38 heavy (non-hydrogen) atoms. The molecule has 4 rings (SSSR count). The lowest BCUT2D eigenvalue weighted by Gasteiger charge is -2.34. The van der Waals surface area contributed by atoms with Gasteiger partial charge in [0.1, 0.15) is 23.9 Å². The van der Waals surface area contributed by atoms with Crippen molar-refractivity contribution in [1.29, 1.82) is 0 Å². The third-order valence-electron chi connectivity index (χ3n) is 5.94. The maximum Gasteiger partial charge on any atom is 0.249 e. The average Bonchev–Trinajstić information content (AvgIpc) is 3.28. The van der Waals surface area contributed by atoms with Crippen LogP contribution in [0.5, 0.6) is 5.75 Å². The van der Waals surface area contributed by atoms with Crippen LogP contribution in [0.15, 0.2) is 72.8 Å². The Kier molecular flexibility index (Phi) is 7.57. The number of para-hydroxylation sites is 1. The van der Waals surface area contributed by atoms with Crippen molar-refractivity contribution in [3.8, 4) is 5.75 Å². The molecule has 196 valence electrons. The van der Waals surface area contributed by atoms with Crippen LogP contribution in [0, 0.1) is 0 Å². The van der Waals surface area contributed by atoms with E-state index in [4.69, 9.17) is 4.74 Å². The summed E-state index contributed by atoms with van der Waals surface area (Å²) in [5.41, 5.74) is 2.33. The zero-order valence-corrected chi connectivity index (χ0v) is 22.1. The Morgan fingerprint density at radius 2 is 1.71 bits per heavy atom. The summed E-state index contributed by atoms with van der Waals surface area (Å²) < 4.78 is 6.92. The van der Waals surface area contributed by atoms with Crippen LogP contribution in [-0.2, 0) is 16.1 Å². The van der Waals surface area contributed by atoms with Gasteiger partial charge in [0.2, 0.25) is 11.8 Å². The quantitative estimate of drug-likeness (QED) is 0.352. The number of hydrogen-bond donors (Lipinski definition) is 1. The molecule has 1 atom stereocenters. The number of ketones is 1. The Labute approximate surface area is 221 Å². The van der Waals surface area contributed by atoms with Gasteiger partial charge >= 0.3 is 0 Å². The largest absolute Gasteiger partial charge is 0.497 e. The van der Waals surface area contributed by atoms with Crippen LogP contribution >= 0.6 is 0 Å². The lowest BCUT2D eigenvalue weighted by Crippen LogP contribution is -2.50. The molecule has 0 aliphatic rings. The van der Waals surface area contributed by atoms with Gasteiger partial charge in [-0.05, 0) is 81.8 Å². The van der Waals surface area contributed by atoms with E-state index in [0.717, 1.165) is 0 Å². The summed E-state index contributed by atoms with van der Waals surface area (Å²) in [5, 5.41) is 11.3. The van der Waals surface area contributed by atoms with Gasteiger partial charge in [0.15, 0.2) is 5.78 Å². The minimum Gasteiger partial charge on any atom is -0.497 e. The highest BCUT2D eigenvalue weighted by molar-refractivity contribution is 6.02. The summed E-state index contributed by atoms with van der Waals surface area (Å²) in [6.07, 6.45) is 0. The first kappa shape index (κ1) is 26.5. The molecule has 0 bridgehead atoms. The lowest BCUT2D eigenvalue weighted by atomic mass is 10.00. The van der Waals surface area contributed by atoms with E-state index in [9.17, 15) is 14.4 Å². The minimum atomic E-state index is -1.03. The number of benzene rings is 3. The summed E-state index contributed by atoms with van der Waals surface area (Å²) in [7, 11) is 1.54. The SMILES string of the molecule is COc1cccc([C@@H](C(=O)NC(C)(C)C)N(C(=O)Cn2nnc3ccccc32)c2ccc(C(C)=O)cc2)c1. The number of hydrogen-bond acceptors (Lipinski definition) is 6.